The van der Waals surface area contributed by atoms with E-state index < -0.39 is 0 Å². The Morgan fingerprint density at radius 2 is 0.650 bits per heavy atom. The van der Waals surface area contributed by atoms with Crippen LogP contribution in [0.3, 0.4) is 0 Å². The summed E-state index contributed by atoms with van der Waals surface area (Å²) in [6.07, 6.45) is 0. The molecule has 4 heteroatoms. The van der Waals surface area contributed by atoms with Crippen LogP contribution in [0.15, 0.2) is 146 Å². The zero-order chi connectivity index (χ0) is 26.7. The third-order valence-electron chi connectivity index (χ3n) is 7.04. The van der Waals surface area contributed by atoms with Crippen LogP contribution >= 0.6 is 0 Å². The summed E-state index contributed by atoms with van der Waals surface area (Å²) >= 11 is 0. The minimum atomic E-state index is 0.817. The molecule has 0 amide bonds. The van der Waals surface area contributed by atoms with Crippen LogP contribution in [0, 0.1) is 0 Å². The van der Waals surface area contributed by atoms with Crippen molar-refractivity contribution in [3.8, 4) is 67.8 Å². The first-order valence-corrected chi connectivity index (χ1v) is 13.4. The van der Waals surface area contributed by atoms with E-state index in [4.69, 9.17) is 9.97 Å². The molecule has 0 aliphatic rings. The van der Waals surface area contributed by atoms with Crippen molar-refractivity contribution in [3.05, 3.63) is 146 Å². The van der Waals surface area contributed by atoms with Gasteiger partial charge in [-0.25, -0.2) is 9.97 Å². The summed E-state index contributed by atoms with van der Waals surface area (Å²) in [5, 5.41) is 0. The van der Waals surface area contributed by atoms with Gasteiger partial charge in [0.2, 0.25) is 0 Å². The average Bonchev–Trinajstić information content (AvgIpc) is 3.69. The van der Waals surface area contributed by atoms with E-state index in [1.807, 2.05) is 48.5 Å². The minimum Gasteiger partial charge on any atom is -0.337 e. The molecule has 2 N–H and O–H groups in total. The highest BCUT2D eigenvalue weighted by Gasteiger charge is 2.18. The van der Waals surface area contributed by atoms with Crippen LogP contribution in [0.4, 0.5) is 0 Å². The van der Waals surface area contributed by atoms with Crippen LogP contribution in [0.25, 0.3) is 67.8 Å². The van der Waals surface area contributed by atoms with Crippen molar-refractivity contribution in [1.82, 2.24) is 19.9 Å². The quantitative estimate of drug-likeness (QED) is 0.232. The van der Waals surface area contributed by atoms with Crippen LogP contribution in [-0.2, 0) is 0 Å². The fourth-order valence-corrected chi connectivity index (χ4v) is 5.07. The van der Waals surface area contributed by atoms with E-state index >= 15 is 0 Å². The summed E-state index contributed by atoms with van der Waals surface area (Å²) in [6.45, 7) is 0. The predicted octanol–water partition coefficient (Wildman–Crippen LogP) is 9.13. The number of aromatic amines is 2. The normalized spacial score (nSPS) is 11.0. The van der Waals surface area contributed by atoms with Gasteiger partial charge in [0.15, 0.2) is 0 Å². The molecule has 40 heavy (non-hydrogen) atoms. The van der Waals surface area contributed by atoms with Crippen molar-refractivity contribution < 1.29 is 0 Å². The molecule has 0 spiro atoms. The smallest absolute Gasteiger partial charge is 0.138 e. The maximum atomic E-state index is 5.09. The second-order valence-electron chi connectivity index (χ2n) is 9.66. The predicted molar refractivity (Wildman–Crippen MR) is 163 cm³/mol. The molecule has 7 rings (SSSR count). The highest BCUT2D eigenvalue weighted by Crippen LogP contribution is 2.36. The van der Waals surface area contributed by atoms with Gasteiger partial charge in [-0.3, -0.25) is 0 Å². The van der Waals surface area contributed by atoms with E-state index in [9.17, 15) is 0 Å². The summed E-state index contributed by atoms with van der Waals surface area (Å²) in [7, 11) is 0. The van der Waals surface area contributed by atoms with Gasteiger partial charge in [-0.1, -0.05) is 140 Å². The Balaban J connectivity index is 1.34. The number of nitrogens with one attached hydrogen (secondary N) is 2. The van der Waals surface area contributed by atoms with Gasteiger partial charge in [-0.15, -0.1) is 0 Å². The highest BCUT2D eigenvalue weighted by molar-refractivity contribution is 5.83. The molecule has 190 valence electrons. The molecule has 0 aliphatic carbocycles. The first-order chi connectivity index (χ1) is 19.8. The Morgan fingerprint density at radius 3 is 1.02 bits per heavy atom. The summed E-state index contributed by atoms with van der Waals surface area (Å²) in [5.41, 5.74) is 10.2. The topological polar surface area (TPSA) is 57.4 Å². The van der Waals surface area contributed by atoms with Crippen molar-refractivity contribution in [2.75, 3.05) is 0 Å². The maximum absolute atomic E-state index is 5.09. The molecular formula is C36H26N4. The third-order valence-corrected chi connectivity index (χ3v) is 7.04. The summed E-state index contributed by atoms with van der Waals surface area (Å²) in [4.78, 5) is 17.4. The average molecular weight is 515 g/mol. The molecule has 4 nitrogen and oxygen atoms in total. The number of nitrogens with zero attached hydrogens (tertiary/aromatic N) is 2. The van der Waals surface area contributed by atoms with E-state index in [1.54, 1.807) is 0 Å². The molecule has 2 heterocycles. The molecule has 0 bridgehead atoms. The lowest BCUT2D eigenvalue weighted by molar-refractivity contribution is 1.29. The van der Waals surface area contributed by atoms with Gasteiger partial charge in [0.25, 0.3) is 0 Å². The van der Waals surface area contributed by atoms with Crippen molar-refractivity contribution in [1.29, 1.82) is 0 Å². The molecule has 0 fully saturated rings. The first kappa shape index (κ1) is 23.6. The summed E-state index contributed by atoms with van der Waals surface area (Å²) in [6, 6.07) is 49.7. The second kappa shape index (κ2) is 10.4. The molecule has 7 aromatic rings. The molecule has 0 saturated carbocycles. The van der Waals surface area contributed by atoms with Crippen molar-refractivity contribution in [2.45, 2.75) is 0 Å². The highest BCUT2D eigenvalue weighted by atomic mass is 15.0. The van der Waals surface area contributed by atoms with Crippen LogP contribution in [0.5, 0.6) is 0 Å². The van der Waals surface area contributed by atoms with Crippen LogP contribution in [-0.4, -0.2) is 19.9 Å². The Kier molecular flexibility index (Phi) is 6.11. The van der Waals surface area contributed by atoms with Gasteiger partial charge in [-0.2, -0.15) is 0 Å². The van der Waals surface area contributed by atoms with Gasteiger partial charge in [-0.05, 0) is 6.07 Å². The molecule has 0 atom stereocenters. The van der Waals surface area contributed by atoms with E-state index in [-0.39, 0.29) is 0 Å². The number of imidazole rings is 2. The maximum Gasteiger partial charge on any atom is 0.138 e. The molecule has 0 unspecified atom stereocenters. The lowest BCUT2D eigenvalue weighted by atomic mass is 10.1. The van der Waals surface area contributed by atoms with E-state index in [1.165, 1.54) is 0 Å². The minimum absolute atomic E-state index is 0.817. The Bertz CT molecular complexity index is 1620. The number of rotatable bonds is 6. The SMILES string of the molecule is c1ccc(-c2nc(-c3cccc(-c4nc(-c5ccccc5)c(-c5ccccc5)[nH]4)c3)[nH]c2-c2ccccc2)cc1. The van der Waals surface area contributed by atoms with Crippen molar-refractivity contribution in [3.63, 3.8) is 0 Å². The fourth-order valence-electron chi connectivity index (χ4n) is 5.07. The Hall–Kier alpha value is -5.48. The van der Waals surface area contributed by atoms with Gasteiger partial charge < -0.3 is 9.97 Å². The number of hydrogen-bond acceptors (Lipinski definition) is 2. The Morgan fingerprint density at radius 1 is 0.325 bits per heavy atom. The lowest BCUT2D eigenvalue weighted by Crippen LogP contribution is -1.85. The molecule has 0 saturated heterocycles. The van der Waals surface area contributed by atoms with Gasteiger partial charge in [0, 0.05) is 33.4 Å². The third kappa shape index (κ3) is 4.52. The zero-order valence-corrected chi connectivity index (χ0v) is 21.8. The monoisotopic (exact) mass is 514 g/mol. The summed E-state index contributed by atoms with van der Waals surface area (Å²) in [5.74, 6) is 1.63. The summed E-state index contributed by atoms with van der Waals surface area (Å²) < 4.78 is 0. The molecular weight excluding hydrogens is 488 g/mol. The standard InChI is InChI=1S/C36H26N4/c1-5-14-25(15-6-1)31-32(26-16-7-2-8-17-26)38-35(37-31)29-22-13-23-30(24-29)36-39-33(27-18-9-3-10-19-27)34(40-36)28-20-11-4-12-21-28/h1-24H,(H,37,38)(H,39,40). The number of hydrogen-bond donors (Lipinski definition) is 2. The van der Waals surface area contributed by atoms with E-state index in [2.05, 4.69) is 107 Å². The first-order valence-electron chi connectivity index (χ1n) is 13.4. The van der Waals surface area contributed by atoms with Crippen LogP contribution < -0.4 is 0 Å². The van der Waals surface area contributed by atoms with Gasteiger partial charge in [0.05, 0.1) is 22.8 Å². The zero-order valence-electron chi connectivity index (χ0n) is 21.8. The van der Waals surface area contributed by atoms with Gasteiger partial charge >= 0.3 is 0 Å². The fraction of sp³-hybridized carbons (Fsp3) is 0. The molecule has 2 aromatic heterocycles. The van der Waals surface area contributed by atoms with Gasteiger partial charge in [0.1, 0.15) is 11.6 Å². The second-order valence-corrected chi connectivity index (χ2v) is 9.66. The Labute approximate surface area is 233 Å². The van der Waals surface area contributed by atoms with E-state index in [0.717, 1.165) is 67.8 Å². The van der Waals surface area contributed by atoms with Crippen LogP contribution in [0.1, 0.15) is 0 Å². The lowest BCUT2D eigenvalue weighted by Gasteiger charge is -2.02. The number of aromatic nitrogens is 4. The van der Waals surface area contributed by atoms with Crippen molar-refractivity contribution >= 4 is 0 Å². The van der Waals surface area contributed by atoms with Crippen LogP contribution in [0.2, 0.25) is 0 Å². The molecule has 5 aromatic carbocycles. The largest absolute Gasteiger partial charge is 0.337 e. The number of H-pyrrole nitrogens is 2. The molecule has 0 radical (unpaired) electrons. The van der Waals surface area contributed by atoms with E-state index in [0.29, 0.717) is 0 Å². The molecule has 0 aliphatic heterocycles. The number of benzene rings is 5. The van der Waals surface area contributed by atoms with Crippen molar-refractivity contribution in [2.24, 2.45) is 0 Å².